The van der Waals surface area contributed by atoms with Crippen molar-refractivity contribution in [2.75, 3.05) is 5.75 Å². The van der Waals surface area contributed by atoms with Gasteiger partial charge in [-0.1, -0.05) is 73.1 Å². The molecule has 0 aliphatic rings. The molecule has 0 aliphatic carbocycles. The van der Waals surface area contributed by atoms with Gasteiger partial charge in [-0.05, 0) is 39.3 Å². The number of hydrogen-bond acceptors (Lipinski definition) is 3. The van der Waals surface area contributed by atoms with Gasteiger partial charge in [-0.2, -0.15) is 0 Å². The van der Waals surface area contributed by atoms with Crippen LogP contribution in [-0.2, 0) is 9.84 Å². The van der Waals surface area contributed by atoms with E-state index in [1.807, 2.05) is 42.5 Å². The first-order valence-electron chi connectivity index (χ1n) is 6.73. The van der Waals surface area contributed by atoms with Crippen LogP contribution < -0.4 is 0 Å². The molecule has 3 nitrogen and oxygen atoms in total. The summed E-state index contributed by atoms with van der Waals surface area (Å²) in [7, 11) is -3.61. The van der Waals surface area contributed by atoms with Crippen LogP contribution in [0.1, 0.15) is 18.6 Å². The Labute approximate surface area is 149 Å². The molecular weight excluding hydrogens is 435 g/mol. The third-order valence-corrected chi connectivity index (χ3v) is 8.77. The van der Waals surface area contributed by atoms with Crippen LogP contribution in [0, 0.1) is 0 Å². The van der Waals surface area contributed by atoms with Crippen LogP contribution in [0.25, 0.3) is 11.1 Å². The summed E-state index contributed by atoms with van der Waals surface area (Å²) in [5, 5.41) is 10.4. The van der Waals surface area contributed by atoms with E-state index in [4.69, 9.17) is 11.6 Å². The fourth-order valence-corrected chi connectivity index (χ4v) is 4.65. The van der Waals surface area contributed by atoms with Crippen LogP contribution in [0.15, 0.2) is 54.6 Å². The molecule has 6 heteroatoms. The van der Waals surface area contributed by atoms with Gasteiger partial charge in [-0.25, -0.2) is 8.42 Å². The first kappa shape index (κ1) is 17.7. The number of aliphatic hydroxyl groups is 1. The molecule has 0 fully saturated rings. The van der Waals surface area contributed by atoms with Crippen molar-refractivity contribution < 1.29 is 13.5 Å². The summed E-state index contributed by atoms with van der Waals surface area (Å²) in [5.41, 5.74) is 2.51. The van der Waals surface area contributed by atoms with Crippen LogP contribution in [0.4, 0.5) is 0 Å². The van der Waals surface area contributed by atoms with Gasteiger partial charge in [0.2, 0.25) is 2.21 Å². The molecule has 0 saturated heterocycles. The lowest BCUT2D eigenvalue weighted by atomic mass is 10.0. The first-order chi connectivity index (χ1) is 10.3. The Bertz CT molecular complexity index is 728. The highest BCUT2D eigenvalue weighted by Gasteiger charge is 2.45. The highest BCUT2D eigenvalue weighted by Crippen LogP contribution is 2.43. The molecule has 0 radical (unpaired) electrons. The van der Waals surface area contributed by atoms with E-state index in [9.17, 15) is 13.5 Å². The van der Waals surface area contributed by atoms with Crippen molar-refractivity contribution in [3.63, 3.8) is 0 Å². The third kappa shape index (κ3) is 3.48. The minimum absolute atomic E-state index is 0.126. The van der Waals surface area contributed by atoms with Crippen LogP contribution in [0.3, 0.4) is 0 Å². The number of sulfone groups is 1. The van der Waals surface area contributed by atoms with Crippen molar-refractivity contribution in [1.29, 1.82) is 0 Å². The summed E-state index contributed by atoms with van der Waals surface area (Å²) < 4.78 is 22.3. The maximum atomic E-state index is 12.0. The number of alkyl halides is 2. The number of benzene rings is 2. The molecule has 0 bridgehead atoms. The molecule has 2 aromatic rings. The summed E-state index contributed by atoms with van der Waals surface area (Å²) in [5.74, 6) is -0.126. The fourth-order valence-electron chi connectivity index (χ4n) is 2.05. The van der Waals surface area contributed by atoms with E-state index in [1.54, 1.807) is 34.7 Å². The molecule has 1 N–H and O–H groups in total. The molecule has 2 atom stereocenters. The average Bonchev–Trinajstić information content (AvgIpc) is 2.55. The van der Waals surface area contributed by atoms with Gasteiger partial charge in [0, 0.05) is 0 Å². The van der Waals surface area contributed by atoms with Gasteiger partial charge < -0.3 is 5.11 Å². The van der Waals surface area contributed by atoms with E-state index in [0.29, 0.717) is 5.56 Å². The zero-order chi connectivity index (χ0) is 16.4. The quantitative estimate of drug-likeness (QED) is 0.550. The Morgan fingerprint density at radius 2 is 1.59 bits per heavy atom. The Balaban J connectivity index is 2.31. The van der Waals surface area contributed by atoms with E-state index < -0.39 is 18.2 Å². The zero-order valence-electron chi connectivity index (χ0n) is 11.9. The van der Waals surface area contributed by atoms with E-state index in [-0.39, 0.29) is 5.75 Å². The fraction of sp³-hybridized carbons (Fsp3) is 0.250. The standard InChI is InChI=1S/C16H16ClIO3S/c1-2-22(20,21)16(17,18)15(19)14-10-8-13(9-11-14)12-6-4-3-5-7-12/h3-11,15,19H,2H2,1H3. The molecular formula is C16H16ClIO3S. The Morgan fingerprint density at radius 1 is 1.09 bits per heavy atom. The lowest BCUT2D eigenvalue weighted by Gasteiger charge is -2.26. The predicted octanol–water partition coefficient (Wildman–Crippen LogP) is 4.15. The zero-order valence-corrected chi connectivity index (χ0v) is 15.6. The minimum Gasteiger partial charge on any atom is -0.385 e. The number of aliphatic hydroxyl groups excluding tert-OH is 1. The largest absolute Gasteiger partial charge is 0.385 e. The van der Waals surface area contributed by atoms with E-state index in [0.717, 1.165) is 11.1 Å². The number of halogens is 2. The third-order valence-electron chi connectivity index (χ3n) is 3.45. The summed E-state index contributed by atoms with van der Waals surface area (Å²) in [6.45, 7) is 1.51. The molecule has 0 amide bonds. The van der Waals surface area contributed by atoms with Gasteiger partial charge in [0.05, 0.1) is 5.75 Å². The molecule has 0 spiro atoms. The van der Waals surface area contributed by atoms with Gasteiger partial charge in [-0.3, -0.25) is 0 Å². The van der Waals surface area contributed by atoms with Crippen LogP contribution in [-0.4, -0.2) is 21.5 Å². The molecule has 118 valence electrons. The first-order valence-corrected chi connectivity index (χ1v) is 9.84. The lowest BCUT2D eigenvalue weighted by molar-refractivity contribution is 0.187. The molecule has 2 rings (SSSR count). The summed E-state index contributed by atoms with van der Waals surface area (Å²) in [6, 6.07) is 16.9. The van der Waals surface area contributed by atoms with E-state index >= 15 is 0 Å². The highest BCUT2D eigenvalue weighted by molar-refractivity contribution is 14.1. The molecule has 0 aliphatic heterocycles. The Hall–Kier alpha value is -0.630. The summed E-state index contributed by atoms with van der Waals surface area (Å²) in [6.07, 6.45) is -1.30. The average molecular weight is 451 g/mol. The van der Waals surface area contributed by atoms with Crippen molar-refractivity contribution in [1.82, 2.24) is 0 Å². The van der Waals surface area contributed by atoms with Gasteiger partial charge in [0.25, 0.3) is 0 Å². The van der Waals surface area contributed by atoms with Crippen molar-refractivity contribution in [3.8, 4) is 11.1 Å². The minimum atomic E-state index is -3.61. The SMILES string of the molecule is CCS(=O)(=O)C(Cl)(I)C(O)c1ccc(-c2ccccc2)cc1. The Kier molecular flexibility index (Phi) is 5.53. The molecule has 2 aromatic carbocycles. The maximum absolute atomic E-state index is 12.0. The van der Waals surface area contributed by atoms with Crippen molar-refractivity contribution in [3.05, 3.63) is 60.2 Å². The van der Waals surface area contributed by atoms with Crippen LogP contribution in [0.5, 0.6) is 0 Å². The monoisotopic (exact) mass is 450 g/mol. The number of hydrogen-bond donors (Lipinski definition) is 1. The van der Waals surface area contributed by atoms with E-state index in [1.165, 1.54) is 6.92 Å². The summed E-state index contributed by atoms with van der Waals surface area (Å²) in [4.78, 5) is 0. The molecule has 0 aromatic heterocycles. The smallest absolute Gasteiger partial charge is 0.225 e. The second-order valence-corrected chi connectivity index (χ2v) is 11.2. The second-order valence-electron chi connectivity index (χ2n) is 4.86. The van der Waals surface area contributed by atoms with Gasteiger partial charge in [-0.15, -0.1) is 0 Å². The van der Waals surface area contributed by atoms with Crippen molar-refractivity contribution in [2.45, 2.75) is 15.2 Å². The topological polar surface area (TPSA) is 54.4 Å². The van der Waals surface area contributed by atoms with Crippen LogP contribution in [0.2, 0.25) is 0 Å². The molecule has 0 saturated carbocycles. The normalized spacial score (nSPS) is 16.0. The van der Waals surface area contributed by atoms with Gasteiger partial charge >= 0.3 is 0 Å². The summed E-state index contributed by atoms with van der Waals surface area (Å²) >= 11 is 7.71. The van der Waals surface area contributed by atoms with Crippen molar-refractivity contribution >= 4 is 44.0 Å². The van der Waals surface area contributed by atoms with Crippen molar-refractivity contribution in [2.24, 2.45) is 0 Å². The van der Waals surface area contributed by atoms with Crippen LogP contribution >= 0.6 is 34.2 Å². The van der Waals surface area contributed by atoms with Gasteiger partial charge in [0.1, 0.15) is 6.10 Å². The molecule has 22 heavy (non-hydrogen) atoms. The Morgan fingerprint density at radius 3 is 2.09 bits per heavy atom. The highest BCUT2D eigenvalue weighted by atomic mass is 127. The second kappa shape index (κ2) is 6.86. The number of rotatable bonds is 5. The predicted molar refractivity (Wildman–Crippen MR) is 98.9 cm³/mol. The maximum Gasteiger partial charge on any atom is 0.225 e. The molecule has 2 unspecified atom stereocenters. The molecule has 0 heterocycles. The lowest BCUT2D eigenvalue weighted by Crippen LogP contribution is -2.34. The van der Waals surface area contributed by atoms with Gasteiger partial charge in [0.15, 0.2) is 9.84 Å². The van der Waals surface area contributed by atoms with E-state index in [2.05, 4.69) is 0 Å².